The fraction of sp³-hybridized carbons (Fsp3) is 0.0196. The van der Waals surface area contributed by atoms with E-state index >= 15 is 0 Å². The third-order valence-electron chi connectivity index (χ3n) is 10.7. The molecule has 55 heavy (non-hydrogen) atoms. The molecule has 1 aliphatic rings. The van der Waals surface area contributed by atoms with Gasteiger partial charge in [0.2, 0.25) is 0 Å². The Morgan fingerprint density at radius 3 is 1.44 bits per heavy atom. The van der Waals surface area contributed by atoms with Crippen LogP contribution >= 0.6 is 0 Å². The lowest BCUT2D eigenvalue weighted by molar-refractivity contribution is 0.768. The predicted molar refractivity (Wildman–Crippen MR) is 222 cm³/mol. The summed E-state index contributed by atoms with van der Waals surface area (Å²) in [5.74, 6) is 1.84. The van der Waals surface area contributed by atoms with Gasteiger partial charge >= 0.3 is 0 Å². The average molecular weight is 703 g/mol. The van der Waals surface area contributed by atoms with E-state index in [-0.39, 0.29) is 0 Å². The van der Waals surface area contributed by atoms with Crippen molar-refractivity contribution in [3.63, 3.8) is 0 Å². The molecular weight excluding hydrogens is 669 g/mol. The second-order valence-electron chi connectivity index (χ2n) is 13.9. The van der Waals surface area contributed by atoms with Crippen molar-refractivity contribution in [2.45, 2.75) is 5.41 Å². The summed E-state index contributed by atoms with van der Waals surface area (Å²) >= 11 is 0. The molecule has 9 aromatic rings. The van der Waals surface area contributed by atoms with E-state index in [1.165, 1.54) is 33.4 Å². The third-order valence-corrected chi connectivity index (χ3v) is 10.7. The molecule has 2 heterocycles. The summed E-state index contributed by atoms with van der Waals surface area (Å²) in [6.45, 7) is 0. The standard InChI is InChI=1S/C51H34N4/c1-5-16-35(17-6-1)39-30-40(38-20-15-29-52-34-38)32-41(31-39)50-54-48(36-18-7-2-8-19-36)53-49(55-50)37-27-28-45-44-25-13-14-26-46(44)51(47(45)33-37,42-21-9-3-10-22-42)43-23-11-4-12-24-43/h1-34H. The Balaban J connectivity index is 1.22. The number of hydrogen-bond donors (Lipinski definition) is 0. The van der Waals surface area contributed by atoms with Gasteiger partial charge in [0.15, 0.2) is 17.5 Å². The van der Waals surface area contributed by atoms with E-state index in [1.54, 1.807) is 6.20 Å². The molecule has 0 N–H and O–H groups in total. The van der Waals surface area contributed by atoms with Crippen molar-refractivity contribution in [2.24, 2.45) is 0 Å². The highest BCUT2D eigenvalue weighted by Crippen LogP contribution is 2.56. The first kappa shape index (κ1) is 32.4. The summed E-state index contributed by atoms with van der Waals surface area (Å²) in [6.07, 6.45) is 3.70. The second-order valence-corrected chi connectivity index (χ2v) is 13.9. The van der Waals surface area contributed by atoms with Crippen LogP contribution in [0.3, 0.4) is 0 Å². The molecule has 0 bridgehead atoms. The second kappa shape index (κ2) is 13.6. The van der Waals surface area contributed by atoms with Gasteiger partial charge in [-0.25, -0.2) is 15.0 Å². The van der Waals surface area contributed by atoms with Gasteiger partial charge in [-0.3, -0.25) is 4.98 Å². The number of fused-ring (bicyclic) bond motifs is 3. The Bertz CT molecular complexity index is 2690. The highest BCUT2D eigenvalue weighted by Gasteiger charge is 2.46. The van der Waals surface area contributed by atoms with E-state index in [0.29, 0.717) is 17.5 Å². The first-order chi connectivity index (χ1) is 27.3. The van der Waals surface area contributed by atoms with Gasteiger partial charge in [-0.2, -0.15) is 0 Å². The van der Waals surface area contributed by atoms with Gasteiger partial charge in [-0.15, -0.1) is 0 Å². The number of pyridine rings is 1. The minimum absolute atomic E-state index is 0.536. The molecule has 0 spiro atoms. The van der Waals surface area contributed by atoms with Gasteiger partial charge < -0.3 is 0 Å². The van der Waals surface area contributed by atoms with Gasteiger partial charge in [0.25, 0.3) is 0 Å². The molecule has 0 fully saturated rings. The zero-order valence-electron chi connectivity index (χ0n) is 29.9. The molecule has 10 rings (SSSR count). The normalized spacial score (nSPS) is 12.5. The fourth-order valence-electron chi connectivity index (χ4n) is 8.19. The molecule has 0 saturated heterocycles. The molecule has 0 saturated carbocycles. The minimum Gasteiger partial charge on any atom is -0.264 e. The van der Waals surface area contributed by atoms with E-state index in [0.717, 1.165) is 38.9 Å². The maximum atomic E-state index is 5.30. The van der Waals surface area contributed by atoms with Gasteiger partial charge in [0.05, 0.1) is 5.41 Å². The minimum atomic E-state index is -0.536. The smallest absolute Gasteiger partial charge is 0.164 e. The van der Waals surface area contributed by atoms with Crippen molar-refractivity contribution < 1.29 is 0 Å². The average Bonchev–Trinajstić information content (AvgIpc) is 3.58. The van der Waals surface area contributed by atoms with Crippen LogP contribution in [0, 0.1) is 0 Å². The summed E-state index contributed by atoms with van der Waals surface area (Å²) in [4.78, 5) is 20.1. The Hall–Kier alpha value is -7.30. The van der Waals surface area contributed by atoms with Gasteiger partial charge in [-0.05, 0) is 80.4 Å². The summed E-state index contributed by atoms with van der Waals surface area (Å²) in [6, 6.07) is 68.5. The number of nitrogens with zero attached hydrogens (tertiary/aromatic N) is 4. The quantitative estimate of drug-likeness (QED) is 0.166. The molecular formula is C51H34N4. The molecule has 0 aliphatic heterocycles. The lowest BCUT2D eigenvalue weighted by atomic mass is 9.67. The topological polar surface area (TPSA) is 51.6 Å². The number of aromatic nitrogens is 4. The van der Waals surface area contributed by atoms with Crippen LogP contribution in [0.1, 0.15) is 22.3 Å². The van der Waals surface area contributed by atoms with Crippen LogP contribution in [-0.2, 0) is 5.41 Å². The van der Waals surface area contributed by atoms with Crippen LogP contribution in [0.2, 0.25) is 0 Å². The van der Waals surface area contributed by atoms with Gasteiger partial charge in [0.1, 0.15) is 0 Å². The summed E-state index contributed by atoms with van der Waals surface area (Å²) in [7, 11) is 0. The Morgan fingerprint density at radius 1 is 0.309 bits per heavy atom. The first-order valence-corrected chi connectivity index (χ1v) is 18.5. The molecule has 4 heteroatoms. The predicted octanol–water partition coefficient (Wildman–Crippen LogP) is 12.0. The van der Waals surface area contributed by atoms with Crippen LogP contribution in [-0.4, -0.2) is 19.9 Å². The zero-order chi connectivity index (χ0) is 36.6. The molecule has 0 atom stereocenters. The molecule has 0 amide bonds. The number of hydrogen-bond acceptors (Lipinski definition) is 4. The Morgan fingerprint density at radius 2 is 0.800 bits per heavy atom. The first-order valence-electron chi connectivity index (χ1n) is 18.5. The summed E-state index contributed by atoms with van der Waals surface area (Å²) in [5.41, 5.74) is 13.8. The monoisotopic (exact) mass is 702 g/mol. The molecule has 4 nitrogen and oxygen atoms in total. The molecule has 258 valence electrons. The number of rotatable bonds is 7. The van der Waals surface area contributed by atoms with Crippen molar-refractivity contribution in [2.75, 3.05) is 0 Å². The SMILES string of the molecule is c1ccc(-c2cc(-c3cccnc3)cc(-c3nc(-c4ccccc4)nc(-c4ccc5c(c4)C(c4ccccc4)(c4ccccc4)c4ccccc4-5)n3)c2)cc1. The van der Waals surface area contributed by atoms with Crippen molar-refractivity contribution >= 4 is 0 Å². The third kappa shape index (κ3) is 5.63. The molecule has 1 aliphatic carbocycles. The molecule has 7 aromatic carbocycles. The summed E-state index contributed by atoms with van der Waals surface area (Å²) < 4.78 is 0. The van der Waals surface area contributed by atoms with E-state index in [4.69, 9.17) is 15.0 Å². The lowest BCUT2D eigenvalue weighted by Gasteiger charge is -2.34. The molecule has 0 unspecified atom stereocenters. The van der Waals surface area contributed by atoms with E-state index in [9.17, 15) is 0 Å². The van der Waals surface area contributed by atoms with Crippen LogP contribution in [0.4, 0.5) is 0 Å². The van der Waals surface area contributed by atoms with E-state index < -0.39 is 5.41 Å². The van der Waals surface area contributed by atoms with Crippen LogP contribution < -0.4 is 0 Å². The number of benzene rings is 7. The van der Waals surface area contributed by atoms with E-state index in [1.807, 2.05) is 36.5 Å². The zero-order valence-corrected chi connectivity index (χ0v) is 29.9. The largest absolute Gasteiger partial charge is 0.264 e. The fourth-order valence-corrected chi connectivity index (χ4v) is 8.19. The maximum Gasteiger partial charge on any atom is 0.164 e. The molecule has 0 radical (unpaired) electrons. The Labute approximate surface area is 320 Å². The van der Waals surface area contributed by atoms with Gasteiger partial charge in [-0.1, -0.05) is 164 Å². The van der Waals surface area contributed by atoms with E-state index in [2.05, 4.69) is 169 Å². The summed E-state index contributed by atoms with van der Waals surface area (Å²) in [5, 5.41) is 0. The van der Waals surface area contributed by atoms with Crippen LogP contribution in [0.25, 0.3) is 67.5 Å². The van der Waals surface area contributed by atoms with Gasteiger partial charge in [0, 0.05) is 34.6 Å². The lowest BCUT2D eigenvalue weighted by Crippen LogP contribution is -2.28. The van der Waals surface area contributed by atoms with Crippen LogP contribution in [0.5, 0.6) is 0 Å². The highest BCUT2D eigenvalue weighted by molar-refractivity contribution is 5.88. The van der Waals surface area contributed by atoms with Crippen LogP contribution in [0.15, 0.2) is 207 Å². The van der Waals surface area contributed by atoms with Crippen molar-refractivity contribution in [1.82, 2.24) is 19.9 Å². The maximum absolute atomic E-state index is 5.30. The van der Waals surface area contributed by atoms with Crippen molar-refractivity contribution in [3.8, 4) is 67.5 Å². The van der Waals surface area contributed by atoms with Crippen molar-refractivity contribution in [1.29, 1.82) is 0 Å². The van der Waals surface area contributed by atoms with Crippen molar-refractivity contribution in [3.05, 3.63) is 229 Å². The Kier molecular flexibility index (Phi) is 8.00. The molecule has 2 aromatic heterocycles. The highest BCUT2D eigenvalue weighted by atomic mass is 15.0.